The number of nitrogens with two attached hydrogens (primary N) is 1. The molecule has 1 aliphatic rings. The van der Waals surface area contributed by atoms with Crippen LogP contribution in [0.15, 0.2) is 5.38 Å². The number of nitrogen functional groups attached to an aromatic ring is 1. The maximum absolute atomic E-state index is 12.1. The van der Waals surface area contributed by atoms with Gasteiger partial charge in [0.2, 0.25) is 0 Å². The largest absolute Gasteiger partial charge is 0.375 e. The van der Waals surface area contributed by atoms with Crippen molar-refractivity contribution >= 4 is 22.4 Å². The van der Waals surface area contributed by atoms with Crippen molar-refractivity contribution in [2.75, 3.05) is 32.9 Å². The van der Waals surface area contributed by atoms with Crippen LogP contribution >= 0.6 is 11.3 Å². The number of carbonyl (C=O) groups is 1. The molecule has 0 saturated carbocycles. The maximum atomic E-state index is 12.1. The summed E-state index contributed by atoms with van der Waals surface area (Å²) in [7, 11) is 3.97. The van der Waals surface area contributed by atoms with Crippen LogP contribution in [0, 0.1) is 0 Å². The highest BCUT2D eigenvalue weighted by Crippen LogP contribution is 2.18. The first-order valence-electron chi connectivity index (χ1n) is 5.74. The Labute approximate surface area is 105 Å². The zero-order valence-electron chi connectivity index (χ0n) is 10.2. The van der Waals surface area contributed by atoms with Gasteiger partial charge in [-0.2, -0.15) is 0 Å². The van der Waals surface area contributed by atoms with Gasteiger partial charge in [-0.05, 0) is 33.0 Å². The molecular weight excluding hydrogens is 236 g/mol. The van der Waals surface area contributed by atoms with E-state index in [0.29, 0.717) is 16.9 Å². The monoisotopic (exact) mass is 254 g/mol. The SMILES string of the molecule is CN1CCC(N(C)C(=O)c2csc(N)n2)CC1. The Balaban J connectivity index is 2.00. The Morgan fingerprint density at radius 1 is 1.59 bits per heavy atom. The van der Waals surface area contributed by atoms with Crippen molar-refractivity contribution in [1.82, 2.24) is 14.8 Å². The molecule has 0 aliphatic carbocycles. The van der Waals surface area contributed by atoms with Gasteiger partial charge in [-0.25, -0.2) is 4.98 Å². The number of piperidine rings is 1. The van der Waals surface area contributed by atoms with Crippen molar-refractivity contribution in [3.8, 4) is 0 Å². The topological polar surface area (TPSA) is 62.5 Å². The fraction of sp³-hybridized carbons (Fsp3) is 0.636. The highest BCUT2D eigenvalue weighted by Gasteiger charge is 2.25. The minimum atomic E-state index is -0.0208. The smallest absolute Gasteiger partial charge is 0.273 e. The lowest BCUT2D eigenvalue weighted by atomic mass is 10.0. The summed E-state index contributed by atoms with van der Waals surface area (Å²) >= 11 is 1.31. The van der Waals surface area contributed by atoms with Gasteiger partial charge in [0.15, 0.2) is 5.13 Å². The number of aromatic nitrogens is 1. The molecule has 1 aromatic heterocycles. The van der Waals surface area contributed by atoms with Crippen molar-refractivity contribution in [3.05, 3.63) is 11.1 Å². The number of thiazole rings is 1. The van der Waals surface area contributed by atoms with Crippen molar-refractivity contribution in [2.45, 2.75) is 18.9 Å². The molecule has 94 valence electrons. The minimum Gasteiger partial charge on any atom is -0.375 e. The van der Waals surface area contributed by atoms with E-state index in [0.717, 1.165) is 25.9 Å². The summed E-state index contributed by atoms with van der Waals surface area (Å²) in [5, 5.41) is 2.17. The third kappa shape index (κ3) is 2.76. The zero-order valence-corrected chi connectivity index (χ0v) is 11.0. The zero-order chi connectivity index (χ0) is 12.4. The van der Waals surface area contributed by atoms with Crippen LogP contribution in [-0.4, -0.2) is 53.9 Å². The summed E-state index contributed by atoms with van der Waals surface area (Å²) in [4.78, 5) is 20.3. The highest BCUT2D eigenvalue weighted by molar-refractivity contribution is 7.13. The third-order valence-electron chi connectivity index (χ3n) is 3.30. The summed E-state index contributed by atoms with van der Waals surface area (Å²) in [6, 6.07) is 0.321. The fourth-order valence-electron chi connectivity index (χ4n) is 2.11. The van der Waals surface area contributed by atoms with Gasteiger partial charge in [0, 0.05) is 18.5 Å². The molecule has 0 unspecified atom stereocenters. The van der Waals surface area contributed by atoms with E-state index in [2.05, 4.69) is 16.9 Å². The van der Waals surface area contributed by atoms with Crippen LogP contribution in [-0.2, 0) is 0 Å². The molecule has 1 aliphatic heterocycles. The Morgan fingerprint density at radius 2 is 2.24 bits per heavy atom. The van der Waals surface area contributed by atoms with Crippen LogP contribution in [0.2, 0.25) is 0 Å². The summed E-state index contributed by atoms with van der Waals surface area (Å²) < 4.78 is 0. The number of hydrogen-bond acceptors (Lipinski definition) is 5. The lowest BCUT2D eigenvalue weighted by Gasteiger charge is -2.34. The van der Waals surface area contributed by atoms with E-state index >= 15 is 0 Å². The van der Waals surface area contributed by atoms with Crippen molar-refractivity contribution in [2.24, 2.45) is 0 Å². The minimum absolute atomic E-state index is 0.0208. The van der Waals surface area contributed by atoms with Crippen LogP contribution in [0.3, 0.4) is 0 Å². The predicted octanol–water partition coefficient (Wildman–Crippen LogP) is 0.891. The first-order valence-corrected chi connectivity index (χ1v) is 6.62. The van der Waals surface area contributed by atoms with Gasteiger partial charge < -0.3 is 15.5 Å². The van der Waals surface area contributed by atoms with Crippen molar-refractivity contribution in [3.63, 3.8) is 0 Å². The van der Waals surface area contributed by atoms with E-state index in [1.807, 2.05) is 11.9 Å². The first-order chi connectivity index (χ1) is 8.08. The molecule has 1 fully saturated rings. The molecule has 1 amide bonds. The van der Waals surface area contributed by atoms with Crippen molar-refractivity contribution < 1.29 is 4.79 Å². The van der Waals surface area contributed by atoms with Crippen LogP contribution in [0.5, 0.6) is 0 Å². The Bertz CT molecular complexity index is 398. The lowest BCUT2D eigenvalue weighted by Crippen LogP contribution is -2.44. The van der Waals surface area contributed by atoms with Gasteiger partial charge in [0.05, 0.1) is 0 Å². The highest BCUT2D eigenvalue weighted by atomic mass is 32.1. The fourth-order valence-corrected chi connectivity index (χ4v) is 2.65. The average molecular weight is 254 g/mol. The number of hydrogen-bond donors (Lipinski definition) is 1. The summed E-state index contributed by atoms with van der Waals surface area (Å²) in [6.45, 7) is 2.09. The van der Waals surface area contributed by atoms with Crippen LogP contribution in [0.1, 0.15) is 23.3 Å². The van der Waals surface area contributed by atoms with Gasteiger partial charge in [-0.1, -0.05) is 0 Å². The molecule has 6 heteroatoms. The normalized spacial score (nSPS) is 18.2. The van der Waals surface area contributed by atoms with E-state index in [1.54, 1.807) is 5.38 Å². The second-order valence-corrected chi connectivity index (χ2v) is 5.41. The summed E-state index contributed by atoms with van der Waals surface area (Å²) in [5.74, 6) is -0.0208. The molecule has 1 saturated heterocycles. The van der Waals surface area contributed by atoms with Crippen LogP contribution in [0.25, 0.3) is 0 Å². The van der Waals surface area contributed by atoms with Gasteiger partial charge in [-0.3, -0.25) is 4.79 Å². The molecule has 0 spiro atoms. The molecule has 5 nitrogen and oxygen atoms in total. The number of anilines is 1. The molecule has 17 heavy (non-hydrogen) atoms. The van der Waals surface area contributed by atoms with Crippen LogP contribution < -0.4 is 5.73 Å². The Hall–Kier alpha value is -1.14. The molecule has 2 rings (SSSR count). The second-order valence-electron chi connectivity index (χ2n) is 4.52. The standard InChI is InChI=1S/C11H18N4OS/c1-14-5-3-8(4-6-14)15(2)10(16)9-7-17-11(12)13-9/h7-8H,3-6H2,1-2H3,(H2,12,13). The molecule has 0 aromatic carbocycles. The number of likely N-dealkylation sites (tertiary alicyclic amines) is 1. The van der Waals surface area contributed by atoms with Crippen molar-refractivity contribution in [1.29, 1.82) is 0 Å². The maximum Gasteiger partial charge on any atom is 0.273 e. The summed E-state index contributed by atoms with van der Waals surface area (Å²) in [6.07, 6.45) is 2.05. The molecule has 0 bridgehead atoms. The Kier molecular flexibility index (Phi) is 3.63. The molecular formula is C11H18N4OS. The van der Waals surface area contributed by atoms with Crippen LogP contribution in [0.4, 0.5) is 5.13 Å². The lowest BCUT2D eigenvalue weighted by molar-refractivity contribution is 0.0654. The average Bonchev–Trinajstić information content (AvgIpc) is 2.75. The second kappa shape index (κ2) is 5.01. The number of rotatable bonds is 2. The van der Waals surface area contributed by atoms with E-state index in [4.69, 9.17) is 5.73 Å². The van der Waals surface area contributed by atoms with E-state index in [9.17, 15) is 4.79 Å². The number of nitrogens with zero attached hydrogens (tertiary/aromatic N) is 3. The molecule has 0 atom stereocenters. The third-order valence-corrected chi connectivity index (χ3v) is 3.97. The molecule has 2 N–H and O–H groups in total. The van der Waals surface area contributed by atoms with E-state index in [-0.39, 0.29) is 5.91 Å². The predicted molar refractivity (Wildman–Crippen MR) is 69.1 cm³/mol. The number of carbonyl (C=O) groups excluding carboxylic acids is 1. The molecule has 0 radical (unpaired) electrons. The van der Waals surface area contributed by atoms with Gasteiger partial charge in [-0.15, -0.1) is 11.3 Å². The first kappa shape index (κ1) is 12.3. The summed E-state index contributed by atoms with van der Waals surface area (Å²) in [5.41, 5.74) is 6.01. The van der Waals surface area contributed by atoms with Gasteiger partial charge in [0.1, 0.15) is 5.69 Å². The Morgan fingerprint density at radius 3 is 2.76 bits per heavy atom. The van der Waals surface area contributed by atoms with Gasteiger partial charge in [0.25, 0.3) is 5.91 Å². The van der Waals surface area contributed by atoms with E-state index in [1.165, 1.54) is 11.3 Å². The molecule has 1 aromatic rings. The van der Waals surface area contributed by atoms with E-state index < -0.39 is 0 Å². The number of amides is 1. The molecule has 2 heterocycles. The van der Waals surface area contributed by atoms with Gasteiger partial charge >= 0.3 is 0 Å². The quantitative estimate of drug-likeness (QED) is 0.851.